The molecule has 1 atom stereocenters. The van der Waals surface area contributed by atoms with Crippen LogP contribution in [0.5, 0.6) is 0 Å². The lowest BCUT2D eigenvalue weighted by atomic mass is 9.72. The first kappa shape index (κ1) is 23.2. The minimum Gasteiger partial charge on any atom is -0.481 e. The van der Waals surface area contributed by atoms with Gasteiger partial charge in [-0.25, -0.2) is 9.59 Å². The molecule has 1 saturated carbocycles. The summed E-state index contributed by atoms with van der Waals surface area (Å²) in [6.45, 7) is 3.29. The summed E-state index contributed by atoms with van der Waals surface area (Å²) in [5.74, 6) is -3.24. The molecule has 9 nitrogen and oxygen atoms in total. The molecule has 0 aliphatic heterocycles. The molecule has 1 fully saturated rings. The van der Waals surface area contributed by atoms with E-state index in [0.717, 1.165) is 32.1 Å². The van der Waals surface area contributed by atoms with E-state index in [1.54, 1.807) is 6.92 Å². The number of esters is 1. The standard InChI is InChI=1S/C18H31NO8/c1-5-18(24-3,25-4)15(22)26-13(2)27-16(23)19-12-17(11-14(20)21)9-7-6-8-10-17/h13H,5-12H2,1-4H3,(H,19,23)(H,20,21). The molecule has 0 heterocycles. The average Bonchev–Trinajstić information content (AvgIpc) is 2.62. The van der Waals surface area contributed by atoms with Gasteiger partial charge in [0.2, 0.25) is 6.29 Å². The summed E-state index contributed by atoms with van der Waals surface area (Å²) in [6.07, 6.45) is 2.70. The number of ether oxygens (including phenoxy) is 4. The van der Waals surface area contributed by atoms with E-state index in [1.165, 1.54) is 21.1 Å². The van der Waals surface area contributed by atoms with Crippen LogP contribution < -0.4 is 5.32 Å². The fourth-order valence-corrected chi connectivity index (χ4v) is 3.44. The number of amides is 1. The molecule has 0 spiro atoms. The van der Waals surface area contributed by atoms with E-state index in [0.29, 0.717) is 0 Å². The predicted molar refractivity (Wildman–Crippen MR) is 94.8 cm³/mol. The fourth-order valence-electron chi connectivity index (χ4n) is 3.44. The number of methoxy groups -OCH3 is 2. The van der Waals surface area contributed by atoms with E-state index < -0.39 is 35.5 Å². The van der Waals surface area contributed by atoms with E-state index in [4.69, 9.17) is 24.1 Å². The number of aliphatic carboxylic acids is 1. The Morgan fingerprint density at radius 2 is 1.70 bits per heavy atom. The molecule has 1 unspecified atom stereocenters. The Morgan fingerprint density at radius 3 is 2.19 bits per heavy atom. The largest absolute Gasteiger partial charge is 0.481 e. The zero-order valence-corrected chi connectivity index (χ0v) is 16.5. The zero-order chi connectivity index (χ0) is 20.5. The third-order valence-electron chi connectivity index (χ3n) is 5.03. The van der Waals surface area contributed by atoms with Gasteiger partial charge in [0.1, 0.15) is 0 Å². The van der Waals surface area contributed by atoms with Crippen molar-refractivity contribution in [3.8, 4) is 0 Å². The minimum atomic E-state index is -1.55. The van der Waals surface area contributed by atoms with Crippen molar-refractivity contribution in [2.24, 2.45) is 5.41 Å². The van der Waals surface area contributed by atoms with Crippen molar-refractivity contribution in [1.29, 1.82) is 0 Å². The van der Waals surface area contributed by atoms with E-state index in [9.17, 15) is 14.4 Å². The van der Waals surface area contributed by atoms with Gasteiger partial charge in [0.15, 0.2) is 0 Å². The Bertz CT molecular complexity index is 503. The second-order valence-electron chi connectivity index (χ2n) is 6.88. The van der Waals surface area contributed by atoms with Crippen molar-refractivity contribution in [3.05, 3.63) is 0 Å². The monoisotopic (exact) mass is 389 g/mol. The number of rotatable bonds is 10. The lowest BCUT2D eigenvalue weighted by molar-refractivity contribution is -0.243. The first-order valence-corrected chi connectivity index (χ1v) is 9.20. The topological polar surface area (TPSA) is 120 Å². The quantitative estimate of drug-likeness (QED) is 0.432. The van der Waals surface area contributed by atoms with Crippen molar-refractivity contribution in [2.75, 3.05) is 20.8 Å². The summed E-state index contributed by atoms with van der Waals surface area (Å²) in [4.78, 5) is 35.4. The maximum Gasteiger partial charge on any atom is 0.410 e. The van der Waals surface area contributed by atoms with Gasteiger partial charge in [0.25, 0.3) is 5.79 Å². The highest BCUT2D eigenvalue weighted by molar-refractivity contribution is 5.78. The molecular formula is C18H31NO8. The van der Waals surface area contributed by atoms with E-state index >= 15 is 0 Å². The first-order chi connectivity index (χ1) is 12.7. The number of carboxylic acid groups (broad SMARTS) is 1. The minimum absolute atomic E-state index is 0.00147. The van der Waals surface area contributed by atoms with Crippen LogP contribution in [-0.4, -0.2) is 56.0 Å². The highest BCUT2D eigenvalue weighted by atomic mass is 16.8. The Kier molecular flexibility index (Phi) is 8.98. The lowest BCUT2D eigenvalue weighted by Crippen LogP contribution is -2.46. The number of carbonyl (C=O) groups excluding carboxylic acids is 2. The van der Waals surface area contributed by atoms with Crippen molar-refractivity contribution in [3.63, 3.8) is 0 Å². The normalized spacial score (nSPS) is 17.6. The Labute approximate surface area is 159 Å². The molecule has 156 valence electrons. The highest BCUT2D eigenvalue weighted by Gasteiger charge is 2.40. The maximum atomic E-state index is 12.2. The van der Waals surface area contributed by atoms with Gasteiger partial charge in [-0.1, -0.05) is 26.2 Å². The van der Waals surface area contributed by atoms with Crippen LogP contribution in [0.1, 0.15) is 58.8 Å². The van der Waals surface area contributed by atoms with Crippen molar-refractivity contribution in [1.82, 2.24) is 5.32 Å². The molecule has 2 N–H and O–H groups in total. The van der Waals surface area contributed by atoms with Crippen LogP contribution in [0.3, 0.4) is 0 Å². The summed E-state index contributed by atoms with van der Waals surface area (Å²) < 4.78 is 20.3. The summed E-state index contributed by atoms with van der Waals surface area (Å²) in [5, 5.41) is 11.8. The van der Waals surface area contributed by atoms with Crippen molar-refractivity contribution < 1.29 is 38.4 Å². The molecule has 0 aromatic rings. The number of nitrogens with one attached hydrogen (secondary N) is 1. The second-order valence-corrected chi connectivity index (χ2v) is 6.88. The van der Waals surface area contributed by atoms with Gasteiger partial charge in [0.05, 0.1) is 6.42 Å². The number of hydrogen-bond donors (Lipinski definition) is 2. The number of alkyl carbamates (subject to hydrolysis) is 1. The van der Waals surface area contributed by atoms with Gasteiger partial charge < -0.3 is 29.4 Å². The number of carbonyl (C=O) groups is 3. The number of hydrogen-bond acceptors (Lipinski definition) is 7. The predicted octanol–water partition coefficient (Wildman–Crippen LogP) is 2.43. The molecule has 0 bridgehead atoms. The average molecular weight is 389 g/mol. The van der Waals surface area contributed by atoms with Crippen LogP contribution in [0.15, 0.2) is 0 Å². The molecule has 1 amide bonds. The van der Waals surface area contributed by atoms with Crippen LogP contribution in [0, 0.1) is 5.41 Å². The van der Waals surface area contributed by atoms with Crippen LogP contribution in [0.2, 0.25) is 0 Å². The van der Waals surface area contributed by atoms with E-state index in [2.05, 4.69) is 5.32 Å². The smallest absolute Gasteiger partial charge is 0.410 e. The van der Waals surface area contributed by atoms with Crippen LogP contribution in [0.25, 0.3) is 0 Å². The lowest BCUT2D eigenvalue weighted by Gasteiger charge is -2.36. The molecular weight excluding hydrogens is 358 g/mol. The van der Waals surface area contributed by atoms with Gasteiger partial charge in [0, 0.05) is 34.1 Å². The van der Waals surface area contributed by atoms with Crippen molar-refractivity contribution >= 4 is 18.0 Å². The summed E-state index contributed by atoms with van der Waals surface area (Å²) >= 11 is 0. The van der Waals surface area contributed by atoms with Crippen LogP contribution in [-0.2, 0) is 28.5 Å². The van der Waals surface area contributed by atoms with Gasteiger partial charge >= 0.3 is 18.0 Å². The SMILES string of the molecule is CCC(OC)(OC)C(=O)OC(C)OC(=O)NCC1(CC(=O)O)CCCCC1. The molecule has 27 heavy (non-hydrogen) atoms. The third kappa shape index (κ3) is 6.66. The van der Waals surface area contributed by atoms with E-state index in [-0.39, 0.29) is 19.4 Å². The van der Waals surface area contributed by atoms with Gasteiger partial charge in [-0.15, -0.1) is 0 Å². The van der Waals surface area contributed by atoms with Gasteiger partial charge in [-0.3, -0.25) is 4.79 Å². The first-order valence-electron chi connectivity index (χ1n) is 9.20. The third-order valence-corrected chi connectivity index (χ3v) is 5.03. The molecule has 0 aromatic carbocycles. The van der Waals surface area contributed by atoms with Crippen LogP contribution >= 0.6 is 0 Å². The Morgan fingerprint density at radius 1 is 1.11 bits per heavy atom. The summed E-state index contributed by atoms with van der Waals surface area (Å²) in [6, 6.07) is 0. The summed E-state index contributed by atoms with van der Waals surface area (Å²) in [5.41, 5.74) is -0.466. The Hall–Kier alpha value is -1.87. The molecule has 0 radical (unpaired) electrons. The molecule has 0 aromatic heterocycles. The Balaban J connectivity index is 2.55. The maximum absolute atomic E-state index is 12.2. The van der Waals surface area contributed by atoms with Crippen molar-refractivity contribution in [2.45, 2.75) is 70.9 Å². The van der Waals surface area contributed by atoms with Crippen LogP contribution in [0.4, 0.5) is 4.79 Å². The van der Waals surface area contributed by atoms with Gasteiger partial charge in [-0.2, -0.15) is 0 Å². The molecule has 1 aliphatic rings. The molecule has 0 saturated heterocycles. The number of carboxylic acids is 1. The molecule has 9 heteroatoms. The van der Waals surface area contributed by atoms with Gasteiger partial charge in [-0.05, 0) is 18.3 Å². The second kappa shape index (κ2) is 10.5. The fraction of sp³-hybridized carbons (Fsp3) is 0.833. The van der Waals surface area contributed by atoms with E-state index in [1.807, 2.05) is 0 Å². The molecule has 1 aliphatic carbocycles. The zero-order valence-electron chi connectivity index (χ0n) is 16.5. The summed E-state index contributed by atoms with van der Waals surface area (Å²) in [7, 11) is 2.64. The highest BCUT2D eigenvalue weighted by Crippen LogP contribution is 2.38. The molecule has 1 rings (SSSR count).